The number of rotatable bonds is 5. The summed E-state index contributed by atoms with van der Waals surface area (Å²) in [4.78, 5) is 8.43. The molecule has 4 nitrogen and oxygen atoms in total. The highest BCUT2D eigenvalue weighted by Gasteiger charge is 2.06. The van der Waals surface area contributed by atoms with Gasteiger partial charge < -0.3 is 10.1 Å². The van der Waals surface area contributed by atoms with Gasteiger partial charge in [0.25, 0.3) is 0 Å². The second-order valence-electron chi connectivity index (χ2n) is 4.86. The van der Waals surface area contributed by atoms with Crippen molar-refractivity contribution in [1.82, 2.24) is 15.3 Å². The van der Waals surface area contributed by atoms with Gasteiger partial charge in [-0.2, -0.15) is 4.98 Å². The lowest BCUT2D eigenvalue weighted by Crippen LogP contribution is -2.22. The van der Waals surface area contributed by atoms with Crippen LogP contribution in [0.25, 0.3) is 0 Å². The Morgan fingerprint density at radius 3 is 2.80 bits per heavy atom. The highest BCUT2D eigenvalue weighted by atomic mass is 19.1. The van der Waals surface area contributed by atoms with Gasteiger partial charge in [0.15, 0.2) is 0 Å². The van der Waals surface area contributed by atoms with Crippen LogP contribution in [0.1, 0.15) is 25.1 Å². The summed E-state index contributed by atoms with van der Waals surface area (Å²) >= 11 is 0. The van der Waals surface area contributed by atoms with E-state index in [4.69, 9.17) is 4.74 Å². The Kier molecular flexibility index (Phi) is 4.63. The number of hydrogen-bond acceptors (Lipinski definition) is 4. The number of halogens is 1. The van der Waals surface area contributed by atoms with Crippen molar-refractivity contribution in [2.24, 2.45) is 0 Å². The van der Waals surface area contributed by atoms with Crippen LogP contribution in [-0.4, -0.2) is 16.0 Å². The Labute approximate surface area is 118 Å². The fourth-order valence-corrected chi connectivity index (χ4v) is 1.64. The molecule has 0 aliphatic rings. The molecule has 2 rings (SSSR count). The van der Waals surface area contributed by atoms with E-state index in [0.717, 1.165) is 11.3 Å². The van der Waals surface area contributed by atoms with Crippen molar-refractivity contribution in [2.45, 2.75) is 33.4 Å². The van der Waals surface area contributed by atoms with E-state index in [1.54, 1.807) is 18.3 Å². The minimum Gasteiger partial charge on any atom is -0.424 e. The van der Waals surface area contributed by atoms with Crippen molar-refractivity contribution in [3.05, 3.63) is 47.5 Å². The first-order valence-corrected chi connectivity index (χ1v) is 6.54. The molecule has 5 heteroatoms. The maximum Gasteiger partial charge on any atom is 0.322 e. The highest BCUT2D eigenvalue weighted by molar-refractivity contribution is 5.26. The van der Waals surface area contributed by atoms with E-state index in [1.165, 1.54) is 12.1 Å². The molecule has 0 aliphatic carbocycles. The van der Waals surface area contributed by atoms with E-state index in [0.29, 0.717) is 18.3 Å². The van der Waals surface area contributed by atoms with Crippen LogP contribution in [0.2, 0.25) is 0 Å². The molecule has 1 aromatic heterocycles. The van der Waals surface area contributed by atoms with E-state index < -0.39 is 0 Å². The van der Waals surface area contributed by atoms with Crippen molar-refractivity contribution in [1.29, 1.82) is 0 Å². The van der Waals surface area contributed by atoms with Crippen LogP contribution < -0.4 is 10.1 Å². The zero-order valence-electron chi connectivity index (χ0n) is 11.9. The van der Waals surface area contributed by atoms with Crippen LogP contribution in [0.5, 0.6) is 11.8 Å². The first kappa shape index (κ1) is 14.4. The maximum atomic E-state index is 13.1. The van der Waals surface area contributed by atoms with Crippen molar-refractivity contribution in [2.75, 3.05) is 0 Å². The van der Waals surface area contributed by atoms with Crippen molar-refractivity contribution >= 4 is 0 Å². The molecule has 0 atom stereocenters. The lowest BCUT2D eigenvalue weighted by Gasteiger charge is -2.10. The van der Waals surface area contributed by atoms with E-state index in [9.17, 15) is 4.39 Å². The van der Waals surface area contributed by atoms with Crippen LogP contribution in [-0.2, 0) is 6.54 Å². The number of aromatic nitrogens is 2. The quantitative estimate of drug-likeness (QED) is 0.910. The predicted octanol–water partition coefficient (Wildman–Crippen LogP) is 3.21. The van der Waals surface area contributed by atoms with Gasteiger partial charge in [-0.1, -0.05) is 19.9 Å². The fraction of sp³-hybridized carbons (Fsp3) is 0.333. The molecular weight excluding hydrogens is 257 g/mol. The van der Waals surface area contributed by atoms with Crippen molar-refractivity contribution < 1.29 is 9.13 Å². The number of benzene rings is 1. The second-order valence-corrected chi connectivity index (χ2v) is 4.86. The topological polar surface area (TPSA) is 47.0 Å². The van der Waals surface area contributed by atoms with Crippen LogP contribution in [0.3, 0.4) is 0 Å². The lowest BCUT2D eigenvalue weighted by atomic mass is 10.2. The Morgan fingerprint density at radius 1 is 1.35 bits per heavy atom. The molecule has 0 amide bonds. The van der Waals surface area contributed by atoms with Gasteiger partial charge in [-0.05, 0) is 19.1 Å². The Hall–Kier alpha value is -2.01. The first-order valence-electron chi connectivity index (χ1n) is 6.54. The zero-order chi connectivity index (χ0) is 14.5. The molecule has 0 saturated heterocycles. The third-order valence-corrected chi connectivity index (χ3v) is 2.76. The third-order valence-electron chi connectivity index (χ3n) is 2.76. The lowest BCUT2D eigenvalue weighted by molar-refractivity contribution is 0.435. The number of nitrogens with one attached hydrogen (secondary N) is 1. The number of ether oxygens (including phenoxy) is 1. The smallest absolute Gasteiger partial charge is 0.322 e. The van der Waals surface area contributed by atoms with E-state index >= 15 is 0 Å². The second kappa shape index (κ2) is 6.43. The summed E-state index contributed by atoms with van der Waals surface area (Å²) in [5, 5.41) is 3.31. The molecule has 0 saturated carbocycles. The molecule has 1 heterocycles. The highest BCUT2D eigenvalue weighted by Crippen LogP contribution is 2.19. The monoisotopic (exact) mass is 275 g/mol. The minimum atomic E-state index is -0.350. The molecule has 0 aliphatic heterocycles. The summed E-state index contributed by atoms with van der Waals surface area (Å²) in [5.74, 6) is 0.0365. The molecule has 2 aromatic rings. The van der Waals surface area contributed by atoms with Gasteiger partial charge in [0.1, 0.15) is 11.6 Å². The van der Waals surface area contributed by atoms with E-state index in [-0.39, 0.29) is 11.8 Å². The van der Waals surface area contributed by atoms with Gasteiger partial charge >= 0.3 is 6.01 Å². The van der Waals surface area contributed by atoms with Gasteiger partial charge in [0.2, 0.25) is 0 Å². The normalized spacial score (nSPS) is 10.8. The summed E-state index contributed by atoms with van der Waals surface area (Å²) < 4.78 is 18.5. The Bertz CT molecular complexity index is 587. The number of nitrogens with zero attached hydrogens (tertiary/aromatic N) is 2. The van der Waals surface area contributed by atoms with Gasteiger partial charge in [-0.15, -0.1) is 0 Å². The average Bonchev–Trinajstić information content (AvgIpc) is 2.37. The molecule has 0 unspecified atom stereocenters. The van der Waals surface area contributed by atoms with Crippen molar-refractivity contribution in [3.63, 3.8) is 0 Å². The molecule has 1 N–H and O–H groups in total. The number of aryl methyl sites for hydroxylation is 1. The standard InChI is InChI=1S/C15H18FN3O/c1-10(2)17-8-12-9-18-15(19-11(12)3)20-14-6-4-5-13(16)7-14/h4-7,9-10,17H,8H2,1-3H3. The molecular formula is C15H18FN3O. The van der Waals surface area contributed by atoms with E-state index in [1.807, 2.05) is 6.92 Å². The summed E-state index contributed by atoms with van der Waals surface area (Å²) in [6, 6.07) is 6.53. The maximum absolute atomic E-state index is 13.1. The summed E-state index contributed by atoms with van der Waals surface area (Å²) in [5.41, 5.74) is 1.87. The molecule has 0 radical (unpaired) electrons. The molecule has 1 aromatic carbocycles. The largest absolute Gasteiger partial charge is 0.424 e. The summed E-state index contributed by atoms with van der Waals surface area (Å²) in [6.07, 6.45) is 1.73. The molecule has 20 heavy (non-hydrogen) atoms. The Balaban J connectivity index is 2.09. The molecule has 0 bridgehead atoms. The molecule has 0 spiro atoms. The van der Waals surface area contributed by atoms with Crippen LogP contribution in [0, 0.1) is 12.7 Å². The van der Waals surface area contributed by atoms with Crippen LogP contribution >= 0.6 is 0 Å². The van der Waals surface area contributed by atoms with E-state index in [2.05, 4.69) is 29.1 Å². The molecule has 106 valence electrons. The fourth-order valence-electron chi connectivity index (χ4n) is 1.64. The summed E-state index contributed by atoms with van der Waals surface area (Å²) in [6.45, 7) is 6.77. The predicted molar refractivity (Wildman–Crippen MR) is 75.2 cm³/mol. The first-order chi connectivity index (χ1) is 9.54. The van der Waals surface area contributed by atoms with Gasteiger partial charge in [-0.25, -0.2) is 9.37 Å². The van der Waals surface area contributed by atoms with Crippen molar-refractivity contribution in [3.8, 4) is 11.8 Å². The third kappa shape index (κ3) is 3.99. The van der Waals surface area contributed by atoms with Crippen LogP contribution in [0.4, 0.5) is 4.39 Å². The van der Waals surface area contributed by atoms with Crippen LogP contribution in [0.15, 0.2) is 30.5 Å². The van der Waals surface area contributed by atoms with Gasteiger partial charge in [0.05, 0.1) is 0 Å². The van der Waals surface area contributed by atoms with Gasteiger partial charge in [0, 0.05) is 36.1 Å². The molecule has 0 fully saturated rings. The zero-order valence-corrected chi connectivity index (χ0v) is 11.9. The van der Waals surface area contributed by atoms with Gasteiger partial charge in [-0.3, -0.25) is 0 Å². The SMILES string of the molecule is Cc1nc(Oc2cccc(F)c2)ncc1CNC(C)C. The number of hydrogen-bond donors (Lipinski definition) is 1. The summed E-state index contributed by atoms with van der Waals surface area (Å²) in [7, 11) is 0. The Morgan fingerprint density at radius 2 is 2.15 bits per heavy atom. The average molecular weight is 275 g/mol. The minimum absolute atomic E-state index is 0.224.